The Morgan fingerprint density at radius 2 is 1.46 bits per heavy atom. The number of methoxy groups -OCH3 is 2. The molecule has 2 aliphatic heterocycles. The second-order valence-corrected chi connectivity index (χ2v) is 9.52. The summed E-state index contributed by atoms with van der Waals surface area (Å²) < 4.78 is 41.3. The molecule has 2 heterocycles. The molecule has 0 radical (unpaired) electrons. The Kier molecular flexibility index (Phi) is 5.74. The largest absolute Gasteiger partial charge is 0.492 e. The number of hydrogen-bond donors (Lipinski definition) is 0. The Balaban J connectivity index is 1.63. The van der Waals surface area contributed by atoms with Crippen LogP contribution in [0.15, 0.2) is 42.5 Å². The van der Waals surface area contributed by atoms with E-state index >= 15 is 0 Å². The normalized spacial score (nSPS) is 20.8. The summed E-state index contributed by atoms with van der Waals surface area (Å²) in [7, 11) is 3.20. The minimum atomic E-state index is -0.593. The molecule has 0 fully saturated rings. The average molecular weight is 505 g/mol. The molecule has 1 aliphatic carbocycles. The molecule has 0 unspecified atom stereocenters. The van der Waals surface area contributed by atoms with Gasteiger partial charge in [0, 0.05) is 22.6 Å². The van der Waals surface area contributed by atoms with Crippen molar-refractivity contribution in [3.63, 3.8) is 0 Å². The third-order valence-electron chi connectivity index (χ3n) is 7.48. The van der Waals surface area contributed by atoms with E-state index in [9.17, 15) is 4.79 Å². The van der Waals surface area contributed by atoms with Crippen LogP contribution in [-0.2, 0) is 11.2 Å². The van der Waals surface area contributed by atoms with Gasteiger partial charge in [0.25, 0.3) is 0 Å². The van der Waals surface area contributed by atoms with Crippen LogP contribution in [0.25, 0.3) is 11.1 Å². The van der Waals surface area contributed by atoms with Gasteiger partial charge in [0.05, 0.1) is 19.8 Å². The number of carbonyl (C=O) groups is 1. The summed E-state index contributed by atoms with van der Waals surface area (Å²) in [5.41, 5.74) is 3.78. The number of hydrogen-bond acceptors (Lipinski definition) is 8. The first-order chi connectivity index (χ1) is 18.0. The van der Waals surface area contributed by atoms with E-state index in [1.165, 1.54) is 0 Å². The summed E-state index contributed by atoms with van der Waals surface area (Å²) in [5, 5.41) is 0. The van der Waals surface area contributed by atoms with Crippen LogP contribution >= 0.6 is 0 Å². The predicted octanol–water partition coefficient (Wildman–Crippen LogP) is 5.55. The molecule has 0 N–H and O–H groups in total. The van der Waals surface area contributed by atoms with Gasteiger partial charge in [-0.05, 0) is 42.2 Å². The van der Waals surface area contributed by atoms with Crippen LogP contribution in [0.3, 0.4) is 0 Å². The van der Waals surface area contributed by atoms with E-state index in [-0.39, 0.29) is 25.4 Å². The number of ether oxygens (including phenoxy) is 7. The first-order valence-corrected chi connectivity index (χ1v) is 12.3. The van der Waals surface area contributed by atoms with Gasteiger partial charge >= 0.3 is 5.97 Å². The number of esters is 1. The molecule has 0 saturated heterocycles. The zero-order valence-electron chi connectivity index (χ0n) is 21.2. The number of carbonyl (C=O) groups excluding carboxylic acids is 1. The number of benzene rings is 3. The second kappa shape index (κ2) is 9.10. The van der Waals surface area contributed by atoms with Crippen LogP contribution in [-0.4, -0.2) is 33.8 Å². The van der Waals surface area contributed by atoms with Crippen molar-refractivity contribution in [2.24, 2.45) is 11.8 Å². The van der Waals surface area contributed by atoms with Crippen LogP contribution in [0.1, 0.15) is 41.4 Å². The van der Waals surface area contributed by atoms with Gasteiger partial charge in [-0.15, -0.1) is 0 Å². The van der Waals surface area contributed by atoms with Crippen molar-refractivity contribution in [2.75, 3.05) is 27.8 Å². The van der Waals surface area contributed by atoms with Crippen LogP contribution in [0.4, 0.5) is 0 Å². The molecule has 0 aromatic heterocycles. The summed E-state index contributed by atoms with van der Waals surface area (Å²) >= 11 is 0. The molecule has 0 spiro atoms. The van der Waals surface area contributed by atoms with E-state index in [0.29, 0.717) is 46.5 Å². The highest BCUT2D eigenvalue weighted by Crippen LogP contribution is 2.59. The minimum absolute atomic E-state index is 0.0407. The molecule has 8 heteroatoms. The van der Waals surface area contributed by atoms with Gasteiger partial charge in [0.15, 0.2) is 23.0 Å². The quantitative estimate of drug-likeness (QED) is 0.428. The van der Waals surface area contributed by atoms with Crippen molar-refractivity contribution in [2.45, 2.75) is 26.4 Å². The molecular weight excluding hydrogens is 476 g/mol. The first kappa shape index (κ1) is 23.3. The fraction of sp³-hybridized carbons (Fsp3) is 0.345. The van der Waals surface area contributed by atoms with E-state index in [4.69, 9.17) is 33.2 Å². The second-order valence-electron chi connectivity index (χ2n) is 9.52. The summed E-state index contributed by atoms with van der Waals surface area (Å²) in [6, 6.07) is 12.9. The Morgan fingerprint density at radius 3 is 2.11 bits per heavy atom. The summed E-state index contributed by atoms with van der Waals surface area (Å²) in [6.07, 6.45) is 0.101. The summed E-state index contributed by atoms with van der Waals surface area (Å²) in [5.74, 6) is 2.95. The lowest BCUT2D eigenvalue weighted by molar-refractivity contribution is 0.00701. The van der Waals surface area contributed by atoms with E-state index in [2.05, 4.69) is 13.8 Å². The lowest BCUT2D eigenvalue weighted by Crippen LogP contribution is -2.26. The van der Waals surface area contributed by atoms with Gasteiger partial charge in [-0.1, -0.05) is 32.0 Å². The fourth-order valence-electron chi connectivity index (χ4n) is 5.44. The third kappa shape index (κ3) is 3.70. The SMILES string of the molecule is COc1c2c(cc3c1-c1c(cc4c(c1OC)OCO4)[C@H](OC(=O)c1ccccc1)[C@@H](C)[C@@H](C)C3)OCO2. The van der Waals surface area contributed by atoms with Crippen molar-refractivity contribution in [1.82, 2.24) is 0 Å². The van der Waals surface area contributed by atoms with E-state index in [1.807, 2.05) is 30.3 Å². The lowest BCUT2D eigenvalue weighted by atomic mass is 9.76. The van der Waals surface area contributed by atoms with Gasteiger partial charge in [-0.2, -0.15) is 0 Å². The molecule has 0 saturated carbocycles. The highest BCUT2D eigenvalue weighted by atomic mass is 16.7. The van der Waals surface area contributed by atoms with Crippen LogP contribution < -0.4 is 28.4 Å². The summed E-state index contributed by atoms with van der Waals surface area (Å²) in [4.78, 5) is 13.3. The topological polar surface area (TPSA) is 81.7 Å². The van der Waals surface area contributed by atoms with Crippen molar-refractivity contribution in [3.8, 4) is 45.6 Å². The Hall–Kier alpha value is -4.07. The maximum absolute atomic E-state index is 13.3. The Bertz CT molecular complexity index is 1370. The van der Waals surface area contributed by atoms with Crippen molar-refractivity contribution >= 4 is 5.97 Å². The molecule has 3 aliphatic rings. The maximum Gasteiger partial charge on any atom is 0.338 e. The molecule has 0 amide bonds. The van der Waals surface area contributed by atoms with Gasteiger partial charge in [0.1, 0.15) is 6.10 Å². The van der Waals surface area contributed by atoms with Gasteiger partial charge in [-0.25, -0.2) is 4.79 Å². The number of rotatable bonds is 4. The average Bonchev–Trinajstić information content (AvgIpc) is 3.59. The monoisotopic (exact) mass is 504 g/mol. The molecule has 6 rings (SSSR count). The van der Waals surface area contributed by atoms with Crippen molar-refractivity contribution in [1.29, 1.82) is 0 Å². The summed E-state index contributed by atoms with van der Waals surface area (Å²) in [6.45, 7) is 4.44. The lowest BCUT2D eigenvalue weighted by Gasteiger charge is -2.35. The van der Waals surface area contributed by atoms with E-state index in [0.717, 1.165) is 22.3 Å². The fourth-order valence-corrected chi connectivity index (χ4v) is 5.44. The van der Waals surface area contributed by atoms with Crippen LogP contribution in [0.5, 0.6) is 34.5 Å². The zero-order valence-corrected chi connectivity index (χ0v) is 21.2. The molecule has 3 aromatic carbocycles. The standard InChI is InChI=1S/C29H28O8/c1-15-10-18-11-20-25(35-13-33-20)27(31-3)22(18)23-19(12-21-26(28(23)32-4)36-14-34-21)24(16(15)2)37-29(30)17-8-6-5-7-9-17/h5-9,11-12,15-16,24H,10,13-14H2,1-4H3/t15-,16-,24+/m0/s1. The maximum atomic E-state index is 13.3. The molecule has 8 nitrogen and oxygen atoms in total. The van der Waals surface area contributed by atoms with E-state index < -0.39 is 12.1 Å². The molecule has 3 aromatic rings. The minimum Gasteiger partial charge on any atom is -0.492 e. The van der Waals surface area contributed by atoms with Crippen LogP contribution in [0, 0.1) is 11.8 Å². The molecule has 37 heavy (non-hydrogen) atoms. The van der Waals surface area contributed by atoms with Crippen molar-refractivity contribution < 1.29 is 38.0 Å². The molecule has 0 bridgehead atoms. The zero-order chi connectivity index (χ0) is 25.7. The molecular formula is C29H28O8. The highest BCUT2D eigenvalue weighted by molar-refractivity contribution is 5.91. The molecule has 3 atom stereocenters. The smallest absolute Gasteiger partial charge is 0.338 e. The highest BCUT2D eigenvalue weighted by Gasteiger charge is 2.40. The van der Waals surface area contributed by atoms with Crippen molar-refractivity contribution in [3.05, 3.63) is 59.2 Å². The first-order valence-electron chi connectivity index (χ1n) is 12.3. The van der Waals surface area contributed by atoms with Gasteiger partial charge < -0.3 is 33.2 Å². The van der Waals surface area contributed by atoms with Crippen LogP contribution in [0.2, 0.25) is 0 Å². The van der Waals surface area contributed by atoms with Gasteiger partial charge in [0.2, 0.25) is 25.1 Å². The predicted molar refractivity (Wildman–Crippen MR) is 134 cm³/mol. The Labute approximate surface area is 214 Å². The Morgan fingerprint density at radius 1 is 0.838 bits per heavy atom. The van der Waals surface area contributed by atoms with E-state index in [1.54, 1.807) is 26.4 Å². The van der Waals surface area contributed by atoms with Gasteiger partial charge in [-0.3, -0.25) is 0 Å². The number of fused-ring (bicyclic) bond motifs is 5. The molecule has 192 valence electrons. The third-order valence-corrected chi connectivity index (χ3v) is 7.48.